The fraction of sp³-hybridized carbons (Fsp3) is 0.450. The van der Waals surface area contributed by atoms with Crippen molar-refractivity contribution in [2.75, 3.05) is 18.4 Å². The lowest BCUT2D eigenvalue weighted by Gasteiger charge is -2.21. The van der Waals surface area contributed by atoms with Gasteiger partial charge >= 0.3 is 0 Å². The second-order valence-electron chi connectivity index (χ2n) is 7.43. The van der Waals surface area contributed by atoms with Crippen molar-refractivity contribution in [3.05, 3.63) is 50.9 Å². The van der Waals surface area contributed by atoms with Gasteiger partial charge in [0.2, 0.25) is 15.9 Å². The summed E-state index contributed by atoms with van der Waals surface area (Å²) in [6.45, 7) is 3.99. The predicted molar refractivity (Wildman–Crippen MR) is 115 cm³/mol. The summed E-state index contributed by atoms with van der Waals surface area (Å²) >= 11 is 5.86. The van der Waals surface area contributed by atoms with Crippen LogP contribution in [0.1, 0.15) is 36.8 Å². The van der Waals surface area contributed by atoms with E-state index in [4.69, 9.17) is 11.6 Å². The summed E-state index contributed by atoms with van der Waals surface area (Å²) in [7, 11) is -3.65. The van der Waals surface area contributed by atoms with Crippen LogP contribution < -0.4 is 10.9 Å². The topological polar surface area (TPSA) is 101 Å². The highest BCUT2D eigenvalue weighted by Crippen LogP contribution is 2.25. The van der Waals surface area contributed by atoms with Crippen LogP contribution in [0.5, 0.6) is 0 Å². The van der Waals surface area contributed by atoms with Crippen molar-refractivity contribution < 1.29 is 13.2 Å². The minimum absolute atomic E-state index is 0.180. The van der Waals surface area contributed by atoms with Gasteiger partial charge in [0.25, 0.3) is 5.56 Å². The lowest BCUT2D eigenvalue weighted by atomic mass is 10.2. The van der Waals surface area contributed by atoms with Crippen molar-refractivity contribution in [3.63, 3.8) is 0 Å². The van der Waals surface area contributed by atoms with Crippen LogP contribution in [0.2, 0.25) is 5.02 Å². The zero-order valence-electron chi connectivity index (χ0n) is 17.0. The third kappa shape index (κ3) is 4.91. The number of sulfonamides is 1. The van der Waals surface area contributed by atoms with Crippen LogP contribution in [0.4, 0.5) is 5.69 Å². The summed E-state index contributed by atoms with van der Waals surface area (Å²) in [4.78, 5) is 24.8. The van der Waals surface area contributed by atoms with E-state index in [9.17, 15) is 18.0 Å². The number of nitrogens with one attached hydrogen (secondary N) is 1. The Hall–Kier alpha value is -2.23. The lowest BCUT2D eigenvalue weighted by molar-refractivity contribution is -0.117. The van der Waals surface area contributed by atoms with Gasteiger partial charge in [-0.15, -0.1) is 0 Å². The van der Waals surface area contributed by atoms with Gasteiger partial charge in [-0.05, 0) is 44.4 Å². The first-order valence-electron chi connectivity index (χ1n) is 9.83. The molecule has 8 nitrogen and oxygen atoms in total. The third-order valence-corrected chi connectivity index (χ3v) is 7.59. The van der Waals surface area contributed by atoms with Crippen LogP contribution in [0.15, 0.2) is 34.1 Å². The molecule has 1 saturated heterocycles. The van der Waals surface area contributed by atoms with Crippen LogP contribution in [-0.2, 0) is 21.4 Å². The first kappa shape index (κ1) is 22.5. The Balaban J connectivity index is 1.80. The summed E-state index contributed by atoms with van der Waals surface area (Å²) in [5.74, 6) is -0.492. The number of carbonyl (C=O) groups excluding carboxylic acids is 1. The van der Waals surface area contributed by atoms with E-state index in [0.29, 0.717) is 29.9 Å². The first-order chi connectivity index (χ1) is 14.2. The molecule has 0 unspecified atom stereocenters. The Morgan fingerprint density at radius 2 is 1.83 bits per heavy atom. The van der Waals surface area contributed by atoms with Gasteiger partial charge in [0.05, 0.1) is 16.1 Å². The minimum atomic E-state index is -3.65. The molecular weight excluding hydrogens is 428 g/mol. The number of hydrogen-bond donors (Lipinski definition) is 1. The third-order valence-electron chi connectivity index (χ3n) is 5.17. The van der Waals surface area contributed by atoms with E-state index in [0.717, 1.165) is 30.4 Å². The molecule has 0 aliphatic carbocycles. The van der Waals surface area contributed by atoms with Crippen LogP contribution >= 0.6 is 11.6 Å². The molecule has 3 rings (SSSR count). The van der Waals surface area contributed by atoms with Gasteiger partial charge in [0.1, 0.15) is 6.54 Å². The zero-order valence-corrected chi connectivity index (χ0v) is 18.6. The molecule has 2 aromatic rings. The number of hydrogen-bond acceptors (Lipinski definition) is 5. The molecule has 0 radical (unpaired) electrons. The zero-order chi connectivity index (χ0) is 21.9. The fourth-order valence-corrected chi connectivity index (χ4v) is 5.28. The predicted octanol–water partition coefficient (Wildman–Crippen LogP) is 2.72. The van der Waals surface area contributed by atoms with Gasteiger partial charge in [-0.2, -0.15) is 9.40 Å². The number of aryl methyl sites for hydroxylation is 1. The molecule has 1 aromatic carbocycles. The molecule has 0 spiro atoms. The van der Waals surface area contributed by atoms with Crippen molar-refractivity contribution in [2.24, 2.45) is 0 Å². The maximum atomic E-state index is 13.1. The number of nitrogens with zero attached hydrogens (tertiary/aromatic N) is 3. The molecule has 1 amide bonds. The lowest BCUT2D eigenvalue weighted by Crippen LogP contribution is -2.32. The second-order valence-corrected chi connectivity index (χ2v) is 9.74. The Morgan fingerprint density at radius 3 is 2.50 bits per heavy atom. The molecule has 10 heteroatoms. The molecule has 0 bridgehead atoms. The van der Waals surface area contributed by atoms with Crippen molar-refractivity contribution in [3.8, 4) is 0 Å². The molecule has 1 aromatic heterocycles. The average Bonchev–Trinajstić information content (AvgIpc) is 3.00. The largest absolute Gasteiger partial charge is 0.324 e. The molecule has 0 saturated carbocycles. The van der Waals surface area contributed by atoms with Crippen molar-refractivity contribution in [1.29, 1.82) is 0 Å². The monoisotopic (exact) mass is 452 g/mol. The molecular formula is C20H25ClN4O4S. The standard InChI is InChI=1S/C20H25ClN4O4S/c1-14-7-8-16(11-18(14)30(28,29)24-9-5-3-4-6-10-24)23-19(26)13-25-20(27)15(2)17(21)12-22-25/h7-8,11-12H,3-6,9-10,13H2,1-2H3,(H,23,26). The number of benzene rings is 1. The molecule has 1 aliphatic heterocycles. The van der Waals surface area contributed by atoms with Crippen LogP contribution in [0.25, 0.3) is 0 Å². The molecule has 2 heterocycles. The summed E-state index contributed by atoms with van der Waals surface area (Å²) in [5, 5.41) is 6.76. The minimum Gasteiger partial charge on any atom is -0.324 e. The SMILES string of the molecule is Cc1ccc(NC(=O)Cn2ncc(Cl)c(C)c2=O)cc1S(=O)(=O)N1CCCCCC1. The van der Waals surface area contributed by atoms with E-state index in [-0.39, 0.29) is 16.5 Å². The number of carbonyl (C=O) groups is 1. The van der Waals surface area contributed by atoms with E-state index in [1.807, 2.05) is 0 Å². The van der Waals surface area contributed by atoms with E-state index in [1.165, 1.54) is 16.6 Å². The summed E-state index contributed by atoms with van der Waals surface area (Å²) in [6.07, 6.45) is 5.05. The van der Waals surface area contributed by atoms with Gasteiger partial charge in [-0.3, -0.25) is 9.59 Å². The molecule has 1 aliphatic rings. The number of aromatic nitrogens is 2. The van der Waals surface area contributed by atoms with Crippen LogP contribution in [0.3, 0.4) is 0 Å². The molecule has 0 atom stereocenters. The van der Waals surface area contributed by atoms with Gasteiger partial charge in [0.15, 0.2) is 0 Å². The highest BCUT2D eigenvalue weighted by Gasteiger charge is 2.27. The van der Waals surface area contributed by atoms with E-state index in [1.54, 1.807) is 26.0 Å². The van der Waals surface area contributed by atoms with E-state index >= 15 is 0 Å². The van der Waals surface area contributed by atoms with Gasteiger partial charge in [-0.25, -0.2) is 13.1 Å². The van der Waals surface area contributed by atoms with Crippen molar-refractivity contribution in [2.45, 2.75) is 51.0 Å². The number of amides is 1. The van der Waals surface area contributed by atoms with Crippen LogP contribution in [0, 0.1) is 13.8 Å². The normalized spacial score (nSPS) is 15.6. The summed E-state index contributed by atoms with van der Waals surface area (Å²) < 4.78 is 28.8. The summed E-state index contributed by atoms with van der Waals surface area (Å²) in [6, 6.07) is 4.77. The maximum absolute atomic E-state index is 13.1. The molecule has 162 valence electrons. The Bertz CT molecular complexity index is 1110. The highest BCUT2D eigenvalue weighted by molar-refractivity contribution is 7.89. The smallest absolute Gasteiger partial charge is 0.271 e. The number of anilines is 1. The quantitative estimate of drug-likeness (QED) is 0.751. The van der Waals surface area contributed by atoms with Gasteiger partial charge in [-0.1, -0.05) is 30.5 Å². The molecule has 1 N–H and O–H groups in total. The van der Waals surface area contributed by atoms with Gasteiger partial charge < -0.3 is 5.32 Å². The van der Waals surface area contributed by atoms with Gasteiger partial charge in [0, 0.05) is 24.3 Å². The van der Waals surface area contributed by atoms with E-state index in [2.05, 4.69) is 10.4 Å². The summed E-state index contributed by atoms with van der Waals surface area (Å²) in [5.41, 5.74) is 0.813. The molecule has 1 fully saturated rings. The Labute approximate surface area is 180 Å². The first-order valence-corrected chi connectivity index (χ1v) is 11.6. The van der Waals surface area contributed by atoms with Crippen molar-refractivity contribution >= 4 is 33.2 Å². The average molecular weight is 453 g/mol. The fourth-order valence-electron chi connectivity index (χ4n) is 3.39. The molecule has 30 heavy (non-hydrogen) atoms. The maximum Gasteiger partial charge on any atom is 0.271 e. The van der Waals surface area contributed by atoms with Crippen molar-refractivity contribution in [1.82, 2.24) is 14.1 Å². The second kappa shape index (κ2) is 9.28. The van der Waals surface area contributed by atoms with Crippen LogP contribution in [-0.4, -0.2) is 41.5 Å². The highest BCUT2D eigenvalue weighted by atomic mass is 35.5. The Morgan fingerprint density at radius 1 is 1.17 bits per heavy atom. The number of halogens is 1. The number of rotatable bonds is 5. The Kier molecular flexibility index (Phi) is 6.95. The van der Waals surface area contributed by atoms with E-state index < -0.39 is 21.5 Å².